The average Bonchev–Trinajstić information content (AvgIpc) is 2.84. The van der Waals surface area contributed by atoms with Gasteiger partial charge in [0.1, 0.15) is 6.04 Å². The molecule has 1 aliphatic heterocycles. The third-order valence-corrected chi connectivity index (χ3v) is 3.50. The molecular weight excluding hydrogens is 230 g/mol. The van der Waals surface area contributed by atoms with Gasteiger partial charge in [-0.3, -0.25) is 9.89 Å². The number of nitrogens with one attached hydrogen (secondary N) is 1. The maximum atomic E-state index is 12.0. The lowest BCUT2D eigenvalue weighted by molar-refractivity contribution is -0.140. The summed E-state index contributed by atoms with van der Waals surface area (Å²) < 4.78 is 0. The zero-order valence-corrected chi connectivity index (χ0v) is 9.45. The van der Waals surface area contributed by atoms with Crippen molar-refractivity contribution in [3.8, 4) is 0 Å². The van der Waals surface area contributed by atoms with Gasteiger partial charge in [0.25, 0.3) is 5.91 Å². The highest BCUT2D eigenvalue weighted by molar-refractivity contribution is 7.99. The van der Waals surface area contributed by atoms with Crippen molar-refractivity contribution in [3.63, 3.8) is 0 Å². The van der Waals surface area contributed by atoms with Crippen LogP contribution in [0.5, 0.6) is 0 Å². The highest BCUT2D eigenvalue weighted by atomic mass is 32.2. The molecule has 0 spiro atoms. The van der Waals surface area contributed by atoms with Crippen molar-refractivity contribution in [2.45, 2.75) is 13.0 Å². The Kier molecular flexibility index (Phi) is 2.86. The lowest BCUT2D eigenvalue weighted by atomic mass is 10.2. The molecule has 2 rings (SSSR count). The zero-order chi connectivity index (χ0) is 11.7. The van der Waals surface area contributed by atoms with Gasteiger partial charge in [-0.15, -0.1) is 11.8 Å². The van der Waals surface area contributed by atoms with Gasteiger partial charge >= 0.3 is 5.97 Å². The molecule has 1 atom stereocenters. The maximum Gasteiger partial charge on any atom is 0.327 e. The summed E-state index contributed by atoms with van der Waals surface area (Å²) in [5.41, 5.74) is 1.10. The second-order valence-corrected chi connectivity index (χ2v) is 4.54. The van der Waals surface area contributed by atoms with E-state index in [1.807, 2.05) is 0 Å². The van der Waals surface area contributed by atoms with Gasteiger partial charge in [0.05, 0.1) is 17.6 Å². The number of aromatic amines is 1. The third kappa shape index (κ3) is 1.78. The monoisotopic (exact) mass is 241 g/mol. The lowest BCUT2D eigenvalue weighted by Crippen LogP contribution is -2.41. The fourth-order valence-electron chi connectivity index (χ4n) is 1.57. The minimum Gasteiger partial charge on any atom is -0.480 e. The molecule has 0 saturated carbocycles. The number of hydrogen-bond donors (Lipinski definition) is 2. The van der Waals surface area contributed by atoms with E-state index in [9.17, 15) is 9.59 Å². The normalized spacial score (nSPS) is 20.1. The smallest absolute Gasteiger partial charge is 0.327 e. The van der Waals surface area contributed by atoms with Crippen LogP contribution in [0.3, 0.4) is 0 Å². The number of H-pyrrole nitrogens is 1. The van der Waals surface area contributed by atoms with Gasteiger partial charge in [-0.2, -0.15) is 5.10 Å². The average molecular weight is 241 g/mol. The fourth-order valence-corrected chi connectivity index (χ4v) is 2.71. The molecule has 0 radical (unpaired) electrons. The van der Waals surface area contributed by atoms with Crippen molar-refractivity contribution in [1.29, 1.82) is 0 Å². The second-order valence-electron chi connectivity index (χ2n) is 3.54. The maximum absolute atomic E-state index is 12.0. The minimum absolute atomic E-state index is 0.274. The number of carboxylic acids is 1. The Bertz CT molecular complexity index is 431. The van der Waals surface area contributed by atoms with Crippen molar-refractivity contribution in [2.24, 2.45) is 0 Å². The van der Waals surface area contributed by atoms with E-state index < -0.39 is 12.0 Å². The molecule has 6 nitrogen and oxygen atoms in total. The molecule has 86 valence electrons. The van der Waals surface area contributed by atoms with Crippen molar-refractivity contribution in [1.82, 2.24) is 15.1 Å². The number of hydrogen-bond acceptors (Lipinski definition) is 4. The summed E-state index contributed by atoms with van der Waals surface area (Å²) >= 11 is 1.44. The Morgan fingerprint density at radius 2 is 2.44 bits per heavy atom. The first-order chi connectivity index (χ1) is 7.61. The van der Waals surface area contributed by atoms with E-state index in [0.717, 1.165) is 0 Å². The van der Waals surface area contributed by atoms with Crippen LogP contribution in [0.25, 0.3) is 0 Å². The number of carbonyl (C=O) groups excluding carboxylic acids is 1. The third-order valence-electron chi connectivity index (χ3n) is 2.49. The molecule has 1 amide bonds. The molecule has 1 unspecified atom stereocenters. The quantitative estimate of drug-likeness (QED) is 0.778. The molecule has 1 saturated heterocycles. The van der Waals surface area contributed by atoms with Gasteiger partial charge in [0, 0.05) is 11.4 Å². The standard InChI is InChI=1S/C9H11N3O3S/c1-5-6(2-10-11-5)8(13)12-4-16-3-7(12)9(14)15/h2,7H,3-4H2,1H3,(H,10,11)(H,14,15). The predicted molar refractivity (Wildman–Crippen MR) is 58.2 cm³/mol. The number of thioether (sulfide) groups is 1. The minimum atomic E-state index is -0.959. The Balaban J connectivity index is 2.22. The summed E-state index contributed by atoms with van der Waals surface area (Å²) in [5, 5.41) is 15.4. The van der Waals surface area contributed by atoms with Gasteiger partial charge in [0.15, 0.2) is 0 Å². The van der Waals surface area contributed by atoms with Crippen LogP contribution in [-0.4, -0.2) is 49.8 Å². The topological polar surface area (TPSA) is 86.3 Å². The Morgan fingerprint density at radius 1 is 1.69 bits per heavy atom. The van der Waals surface area contributed by atoms with Gasteiger partial charge in [-0.25, -0.2) is 4.79 Å². The van der Waals surface area contributed by atoms with Gasteiger partial charge in [-0.1, -0.05) is 0 Å². The van der Waals surface area contributed by atoms with Crippen LogP contribution >= 0.6 is 11.8 Å². The number of rotatable bonds is 2. The number of carboxylic acid groups (broad SMARTS) is 1. The second kappa shape index (κ2) is 4.17. The van der Waals surface area contributed by atoms with E-state index >= 15 is 0 Å². The van der Waals surface area contributed by atoms with Crippen molar-refractivity contribution in [2.75, 3.05) is 11.6 Å². The molecule has 1 fully saturated rings. The van der Waals surface area contributed by atoms with Crippen molar-refractivity contribution in [3.05, 3.63) is 17.5 Å². The number of aliphatic carboxylic acids is 1. The van der Waals surface area contributed by atoms with Gasteiger partial charge in [0.2, 0.25) is 0 Å². The first-order valence-corrected chi connectivity index (χ1v) is 5.88. The van der Waals surface area contributed by atoms with E-state index in [1.54, 1.807) is 6.92 Å². The lowest BCUT2D eigenvalue weighted by Gasteiger charge is -2.19. The highest BCUT2D eigenvalue weighted by Crippen LogP contribution is 2.23. The van der Waals surface area contributed by atoms with Crippen LogP contribution in [0.1, 0.15) is 16.1 Å². The number of aryl methyl sites for hydroxylation is 1. The van der Waals surface area contributed by atoms with Gasteiger partial charge < -0.3 is 10.0 Å². The number of amides is 1. The van der Waals surface area contributed by atoms with Crippen LogP contribution in [0.15, 0.2) is 6.20 Å². The van der Waals surface area contributed by atoms with Crippen molar-refractivity contribution >= 4 is 23.6 Å². The van der Waals surface area contributed by atoms with E-state index in [4.69, 9.17) is 5.11 Å². The van der Waals surface area contributed by atoms with E-state index in [0.29, 0.717) is 22.9 Å². The largest absolute Gasteiger partial charge is 0.480 e. The SMILES string of the molecule is Cc1[nH]ncc1C(=O)N1CSCC1C(=O)O. The molecule has 0 aliphatic carbocycles. The van der Waals surface area contributed by atoms with Crippen LogP contribution in [0, 0.1) is 6.92 Å². The number of aromatic nitrogens is 2. The summed E-state index contributed by atoms with van der Waals surface area (Å²) in [6, 6.07) is -0.730. The molecular formula is C9H11N3O3S. The molecule has 16 heavy (non-hydrogen) atoms. The fraction of sp³-hybridized carbons (Fsp3) is 0.444. The molecule has 0 aromatic carbocycles. The van der Waals surface area contributed by atoms with Crippen molar-refractivity contribution < 1.29 is 14.7 Å². The summed E-state index contributed by atoms with van der Waals surface area (Å²) in [6.45, 7) is 1.74. The molecule has 0 bridgehead atoms. The molecule has 1 aromatic rings. The summed E-state index contributed by atoms with van der Waals surface area (Å²) in [4.78, 5) is 24.3. The Labute approximate surface area is 96.0 Å². The van der Waals surface area contributed by atoms with Crippen LogP contribution in [-0.2, 0) is 4.79 Å². The molecule has 1 aromatic heterocycles. The van der Waals surface area contributed by atoms with Crippen LogP contribution in [0.4, 0.5) is 0 Å². The van der Waals surface area contributed by atoms with E-state index in [2.05, 4.69) is 10.2 Å². The van der Waals surface area contributed by atoms with Crippen LogP contribution < -0.4 is 0 Å². The Morgan fingerprint density at radius 3 is 3.00 bits per heavy atom. The number of nitrogens with zero attached hydrogens (tertiary/aromatic N) is 2. The number of carbonyl (C=O) groups is 2. The summed E-state index contributed by atoms with van der Waals surface area (Å²) in [7, 11) is 0. The van der Waals surface area contributed by atoms with E-state index in [-0.39, 0.29) is 5.91 Å². The Hall–Kier alpha value is -1.50. The zero-order valence-electron chi connectivity index (χ0n) is 8.64. The first kappa shape index (κ1) is 11.0. The van der Waals surface area contributed by atoms with E-state index in [1.165, 1.54) is 22.9 Å². The first-order valence-electron chi connectivity index (χ1n) is 4.72. The molecule has 2 N–H and O–H groups in total. The van der Waals surface area contributed by atoms with Gasteiger partial charge in [-0.05, 0) is 6.92 Å². The summed E-state index contributed by atoms with van der Waals surface area (Å²) in [6.07, 6.45) is 1.43. The highest BCUT2D eigenvalue weighted by Gasteiger charge is 2.35. The molecule has 7 heteroatoms. The molecule has 2 heterocycles. The van der Waals surface area contributed by atoms with Crippen LogP contribution in [0.2, 0.25) is 0 Å². The predicted octanol–water partition coefficient (Wildman–Crippen LogP) is 0.318. The summed E-state index contributed by atoms with van der Waals surface area (Å²) in [5.74, 6) is -0.374. The molecule has 1 aliphatic rings.